The highest BCUT2D eigenvalue weighted by Crippen LogP contribution is 2.34. The Labute approximate surface area is 183 Å². The first kappa shape index (κ1) is 18.9. The number of fused-ring (bicyclic) bond motifs is 2. The number of nitrogens with zero attached hydrogens (tertiary/aromatic N) is 3. The summed E-state index contributed by atoms with van der Waals surface area (Å²) in [7, 11) is 0. The van der Waals surface area contributed by atoms with Gasteiger partial charge in [-0.2, -0.15) is 0 Å². The molecule has 0 bridgehead atoms. The largest absolute Gasteiger partial charge is 0.344 e. The Kier molecular flexibility index (Phi) is 4.79. The molecule has 1 N–H and O–H groups in total. The number of pyridine rings is 1. The first-order chi connectivity index (χ1) is 14.6. The summed E-state index contributed by atoms with van der Waals surface area (Å²) in [6.07, 6.45) is 4.09. The van der Waals surface area contributed by atoms with Gasteiger partial charge in [0.05, 0.1) is 24.0 Å². The first-order valence-electron chi connectivity index (χ1n) is 9.83. The van der Waals surface area contributed by atoms with Crippen LogP contribution in [0.5, 0.6) is 0 Å². The van der Waals surface area contributed by atoms with Gasteiger partial charge in [0.2, 0.25) is 0 Å². The molecule has 2 aliphatic rings. The second kappa shape index (κ2) is 7.61. The molecule has 5 nitrogen and oxygen atoms in total. The van der Waals surface area contributed by atoms with Crippen molar-refractivity contribution in [2.45, 2.75) is 25.9 Å². The highest BCUT2D eigenvalue weighted by atomic mass is 79.9. The Balaban J connectivity index is 1.37. The molecule has 2 aliphatic heterocycles. The fourth-order valence-corrected chi connectivity index (χ4v) is 4.34. The van der Waals surface area contributed by atoms with Gasteiger partial charge in [-0.05, 0) is 53.9 Å². The predicted octanol–water partition coefficient (Wildman–Crippen LogP) is 4.70. The van der Waals surface area contributed by atoms with Gasteiger partial charge in [-0.3, -0.25) is 14.8 Å². The summed E-state index contributed by atoms with van der Waals surface area (Å²) in [5, 5.41) is 3.07. The molecule has 1 amide bonds. The van der Waals surface area contributed by atoms with E-state index in [0.717, 1.165) is 38.1 Å². The van der Waals surface area contributed by atoms with E-state index in [4.69, 9.17) is 4.99 Å². The van der Waals surface area contributed by atoms with Crippen LogP contribution in [0.1, 0.15) is 40.8 Å². The van der Waals surface area contributed by atoms with Crippen LogP contribution in [0.15, 0.2) is 75.4 Å². The molecule has 6 heteroatoms. The van der Waals surface area contributed by atoms with Gasteiger partial charge in [0.25, 0.3) is 5.91 Å². The average Bonchev–Trinajstić information content (AvgIpc) is 3.36. The monoisotopic (exact) mass is 458 g/mol. The lowest BCUT2D eigenvalue weighted by molar-refractivity contribution is -0.115. The number of nitrogens with one attached hydrogen (secondary N) is 1. The quantitative estimate of drug-likeness (QED) is 0.615. The van der Waals surface area contributed by atoms with E-state index in [2.05, 4.69) is 43.4 Å². The van der Waals surface area contributed by atoms with E-state index in [-0.39, 0.29) is 11.9 Å². The van der Waals surface area contributed by atoms with Crippen molar-refractivity contribution in [3.8, 4) is 0 Å². The smallest absolute Gasteiger partial charge is 0.266 e. The zero-order valence-electron chi connectivity index (χ0n) is 16.4. The second-order valence-electron chi connectivity index (χ2n) is 7.52. The number of carbonyl (C=O) groups excluding carboxylic acids is 1. The first-order valence-corrected chi connectivity index (χ1v) is 10.6. The average molecular weight is 459 g/mol. The van der Waals surface area contributed by atoms with Crippen molar-refractivity contribution in [1.29, 1.82) is 0 Å². The van der Waals surface area contributed by atoms with Crippen LogP contribution in [0.3, 0.4) is 0 Å². The van der Waals surface area contributed by atoms with E-state index in [1.807, 2.05) is 43.3 Å². The molecule has 3 heterocycles. The summed E-state index contributed by atoms with van der Waals surface area (Å²) < 4.78 is 0.993. The molecular formula is C24H19BrN4O. The molecule has 148 valence electrons. The minimum atomic E-state index is -0.123. The molecule has 0 fully saturated rings. The number of halogens is 1. The number of hydrogen-bond donors (Lipinski definition) is 1. The molecular weight excluding hydrogens is 440 g/mol. The summed E-state index contributed by atoms with van der Waals surface area (Å²) >= 11 is 3.48. The van der Waals surface area contributed by atoms with Crippen molar-refractivity contribution in [3.05, 3.63) is 93.2 Å². The SMILES string of the molecule is C[C@@H](NC(=O)C1=Nc2cc3c(cc2C1)CN=C3c1ccncc1)c1cccc(Br)c1. The van der Waals surface area contributed by atoms with Crippen molar-refractivity contribution in [1.82, 2.24) is 10.3 Å². The fourth-order valence-electron chi connectivity index (χ4n) is 3.92. The van der Waals surface area contributed by atoms with Crippen molar-refractivity contribution in [2.75, 3.05) is 0 Å². The number of aromatic nitrogens is 1. The molecule has 0 unspecified atom stereocenters. The van der Waals surface area contributed by atoms with Gasteiger partial charge in [-0.25, -0.2) is 4.99 Å². The van der Waals surface area contributed by atoms with Gasteiger partial charge in [0, 0.05) is 34.4 Å². The molecule has 0 spiro atoms. The zero-order valence-corrected chi connectivity index (χ0v) is 18.0. The molecule has 1 aromatic heterocycles. The summed E-state index contributed by atoms with van der Waals surface area (Å²) in [6, 6.07) is 16.0. The van der Waals surface area contributed by atoms with Crippen LogP contribution in [-0.2, 0) is 17.8 Å². The van der Waals surface area contributed by atoms with Crippen LogP contribution in [0.4, 0.5) is 5.69 Å². The van der Waals surface area contributed by atoms with E-state index in [9.17, 15) is 4.79 Å². The molecule has 30 heavy (non-hydrogen) atoms. The van der Waals surface area contributed by atoms with Crippen LogP contribution < -0.4 is 5.32 Å². The van der Waals surface area contributed by atoms with Crippen LogP contribution in [0, 0.1) is 0 Å². The van der Waals surface area contributed by atoms with Gasteiger partial charge in [0.15, 0.2) is 0 Å². The highest BCUT2D eigenvalue weighted by molar-refractivity contribution is 9.10. The molecule has 3 aromatic rings. The van der Waals surface area contributed by atoms with Gasteiger partial charge in [0.1, 0.15) is 5.71 Å². The van der Waals surface area contributed by atoms with E-state index in [1.54, 1.807) is 12.4 Å². The van der Waals surface area contributed by atoms with Crippen LogP contribution in [0.2, 0.25) is 0 Å². The highest BCUT2D eigenvalue weighted by Gasteiger charge is 2.26. The maximum Gasteiger partial charge on any atom is 0.266 e. The van der Waals surface area contributed by atoms with Crippen molar-refractivity contribution < 1.29 is 4.79 Å². The number of carbonyl (C=O) groups is 1. The van der Waals surface area contributed by atoms with Gasteiger partial charge < -0.3 is 5.32 Å². The fraction of sp³-hybridized carbons (Fsp3) is 0.167. The number of hydrogen-bond acceptors (Lipinski definition) is 4. The normalized spacial score (nSPS) is 15.1. The van der Waals surface area contributed by atoms with E-state index in [0.29, 0.717) is 18.7 Å². The van der Waals surface area contributed by atoms with Crippen molar-refractivity contribution in [2.24, 2.45) is 9.98 Å². The number of aliphatic imine (C=N–C) groups is 2. The van der Waals surface area contributed by atoms with Crippen LogP contribution in [0.25, 0.3) is 0 Å². The molecule has 0 saturated heterocycles. The van der Waals surface area contributed by atoms with E-state index in [1.165, 1.54) is 5.56 Å². The lowest BCUT2D eigenvalue weighted by Gasteiger charge is -2.14. The number of benzene rings is 2. The predicted molar refractivity (Wildman–Crippen MR) is 122 cm³/mol. The van der Waals surface area contributed by atoms with Crippen molar-refractivity contribution in [3.63, 3.8) is 0 Å². The molecule has 2 aromatic carbocycles. The van der Waals surface area contributed by atoms with E-state index >= 15 is 0 Å². The van der Waals surface area contributed by atoms with Crippen molar-refractivity contribution >= 4 is 38.9 Å². The molecule has 1 atom stereocenters. The van der Waals surface area contributed by atoms with Gasteiger partial charge in [-0.1, -0.05) is 34.1 Å². The van der Waals surface area contributed by atoms with Crippen LogP contribution >= 0.6 is 15.9 Å². The molecule has 0 radical (unpaired) electrons. The lowest BCUT2D eigenvalue weighted by Crippen LogP contribution is -2.33. The Morgan fingerprint density at radius 2 is 1.93 bits per heavy atom. The van der Waals surface area contributed by atoms with Crippen LogP contribution in [-0.4, -0.2) is 22.3 Å². The van der Waals surface area contributed by atoms with Gasteiger partial charge >= 0.3 is 0 Å². The number of amides is 1. The van der Waals surface area contributed by atoms with E-state index < -0.39 is 0 Å². The third-order valence-electron chi connectivity index (χ3n) is 5.49. The molecule has 0 saturated carbocycles. The zero-order chi connectivity index (χ0) is 20.7. The summed E-state index contributed by atoms with van der Waals surface area (Å²) in [4.78, 5) is 26.3. The Bertz CT molecular complexity index is 1220. The Morgan fingerprint density at radius 1 is 1.10 bits per heavy atom. The lowest BCUT2D eigenvalue weighted by atomic mass is 9.97. The third kappa shape index (κ3) is 3.48. The Hall–Kier alpha value is -3.12. The maximum absolute atomic E-state index is 12.8. The third-order valence-corrected chi connectivity index (χ3v) is 5.99. The summed E-state index contributed by atoms with van der Waals surface area (Å²) in [5.41, 5.74) is 7.83. The second-order valence-corrected chi connectivity index (χ2v) is 8.44. The minimum Gasteiger partial charge on any atom is -0.344 e. The standard InChI is InChI=1S/C24H19BrN4O/c1-14(16-3-2-4-19(25)10-16)28-24(30)22-11-17-9-18-13-27-23(15-5-7-26-8-6-15)20(18)12-21(17)29-22/h2-10,12,14H,11,13H2,1H3,(H,28,30)/t14-/m1/s1. The minimum absolute atomic E-state index is 0.100. The number of rotatable bonds is 4. The Morgan fingerprint density at radius 3 is 2.73 bits per heavy atom. The maximum atomic E-state index is 12.8. The summed E-state index contributed by atoms with van der Waals surface area (Å²) in [5.74, 6) is -0.123. The molecule has 0 aliphatic carbocycles. The summed E-state index contributed by atoms with van der Waals surface area (Å²) in [6.45, 7) is 2.63. The topological polar surface area (TPSA) is 66.7 Å². The molecule has 5 rings (SSSR count). The van der Waals surface area contributed by atoms with Gasteiger partial charge in [-0.15, -0.1) is 0 Å².